The van der Waals surface area contributed by atoms with Crippen molar-refractivity contribution in [1.29, 1.82) is 0 Å². The molecule has 0 saturated heterocycles. The molecule has 3 nitrogen and oxygen atoms in total. The van der Waals surface area contributed by atoms with Gasteiger partial charge in [0.05, 0.1) is 16.8 Å². The number of rotatable bonds is 4. The van der Waals surface area contributed by atoms with Crippen molar-refractivity contribution in [3.63, 3.8) is 0 Å². The third-order valence-electron chi connectivity index (χ3n) is 4.07. The molecule has 1 saturated carbocycles. The standard InChI is InChI=1S/C16H25NO2/c1-17(2)12-14-7-4-5-10-16(14,18)13-8-6-9-15(11-13)19-3/h6,8-9,11,14,18H,4-5,7,10,12H2,1-3H3/t14-,16+/m0/s1/i3D3. The molecule has 1 aliphatic rings. The van der Waals surface area contributed by atoms with Crippen LogP contribution in [0.5, 0.6) is 5.75 Å². The summed E-state index contributed by atoms with van der Waals surface area (Å²) < 4.78 is 26.6. The first-order valence-corrected chi connectivity index (χ1v) is 6.87. The minimum absolute atomic E-state index is 0.138. The lowest BCUT2D eigenvalue weighted by Crippen LogP contribution is -2.43. The molecule has 3 heteroatoms. The normalized spacial score (nSPS) is 30.5. The second-order valence-corrected chi connectivity index (χ2v) is 5.76. The number of hydrogen-bond acceptors (Lipinski definition) is 3. The highest BCUT2D eigenvalue weighted by atomic mass is 16.5. The van der Waals surface area contributed by atoms with E-state index in [9.17, 15) is 5.11 Å². The number of hydrogen-bond donors (Lipinski definition) is 1. The van der Waals surface area contributed by atoms with E-state index >= 15 is 0 Å². The van der Waals surface area contributed by atoms with E-state index in [0.717, 1.165) is 31.4 Å². The zero-order chi connectivity index (χ0) is 16.4. The van der Waals surface area contributed by atoms with Crippen LogP contribution in [0, 0.1) is 5.92 Å². The van der Waals surface area contributed by atoms with Crippen molar-refractivity contribution in [3.8, 4) is 5.75 Å². The monoisotopic (exact) mass is 266 g/mol. The fourth-order valence-corrected chi connectivity index (χ4v) is 3.12. The predicted octanol–water partition coefficient (Wildman–Crippen LogP) is 2.63. The van der Waals surface area contributed by atoms with Gasteiger partial charge in [-0.3, -0.25) is 0 Å². The SMILES string of the molecule is [2H]C([2H])([2H])Oc1cccc([C@]2(O)CCCC[C@H]2CN(C)C)c1. The predicted molar refractivity (Wildman–Crippen MR) is 77.4 cm³/mol. The van der Waals surface area contributed by atoms with Gasteiger partial charge < -0.3 is 14.7 Å². The fraction of sp³-hybridized carbons (Fsp3) is 0.625. The molecule has 0 aromatic heterocycles. The Morgan fingerprint density at radius 1 is 1.47 bits per heavy atom. The van der Waals surface area contributed by atoms with Gasteiger partial charge in [-0.2, -0.15) is 0 Å². The zero-order valence-electron chi connectivity index (χ0n) is 14.7. The molecule has 1 fully saturated rings. The van der Waals surface area contributed by atoms with Crippen LogP contribution in [0.2, 0.25) is 0 Å². The summed E-state index contributed by atoms with van der Waals surface area (Å²) >= 11 is 0. The Balaban J connectivity index is 2.28. The molecule has 0 amide bonds. The topological polar surface area (TPSA) is 32.7 Å². The van der Waals surface area contributed by atoms with E-state index in [1.54, 1.807) is 18.2 Å². The maximum Gasteiger partial charge on any atom is 0.119 e. The van der Waals surface area contributed by atoms with Gasteiger partial charge in [0.1, 0.15) is 5.75 Å². The van der Waals surface area contributed by atoms with Gasteiger partial charge in [0, 0.05) is 12.5 Å². The molecular weight excluding hydrogens is 238 g/mol. The minimum Gasteiger partial charge on any atom is -0.497 e. The van der Waals surface area contributed by atoms with Gasteiger partial charge in [-0.1, -0.05) is 25.0 Å². The van der Waals surface area contributed by atoms with Gasteiger partial charge in [-0.15, -0.1) is 0 Å². The maximum absolute atomic E-state index is 11.3. The van der Waals surface area contributed by atoms with Crippen LogP contribution in [-0.2, 0) is 5.60 Å². The minimum atomic E-state index is -2.48. The highest BCUT2D eigenvalue weighted by Gasteiger charge is 2.40. The molecule has 19 heavy (non-hydrogen) atoms. The smallest absolute Gasteiger partial charge is 0.119 e. The molecule has 106 valence electrons. The number of aliphatic hydroxyl groups is 1. The summed E-state index contributed by atoms with van der Waals surface area (Å²) in [6.07, 6.45) is 3.76. The first kappa shape index (κ1) is 10.7. The molecule has 0 bridgehead atoms. The van der Waals surface area contributed by atoms with Gasteiger partial charge in [0.2, 0.25) is 0 Å². The van der Waals surface area contributed by atoms with Crippen LogP contribution >= 0.6 is 0 Å². The van der Waals surface area contributed by atoms with Crippen molar-refractivity contribution in [2.24, 2.45) is 5.92 Å². The van der Waals surface area contributed by atoms with Crippen LogP contribution in [0.25, 0.3) is 0 Å². The lowest BCUT2D eigenvalue weighted by Gasteiger charge is -2.41. The number of methoxy groups -OCH3 is 1. The van der Waals surface area contributed by atoms with E-state index in [0.29, 0.717) is 6.42 Å². The van der Waals surface area contributed by atoms with Crippen LogP contribution < -0.4 is 4.74 Å². The van der Waals surface area contributed by atoms with E-state index in [1.165, 1.54) is 0 Å². The highest BCUT2D eigenvalue weighted by Crippen LogP contribution is 2.42. The largest absolute Gasteiger partial charge is 0.497 e. The summed E-state index contributed by atoms with van der Waals surface area (Å²) in [5, 5.41) is 11.3. The summed E-state index contributed by atoms with van der Waals surface area (Å²) in [6, 6.07) is 6.89. The van der Waals surface area contributed by atoms with Crippen molar-refractivity contribution in [2.45, 2.75) is 31.3 Å². The highest BCUT2D eigenvalue weighted by molar-refractivity contribution is 5.33. The molecule has 1 aromatic rings. The van der Waals surface area contributed by atoms with Gasteiger partial charge in [0.15, 0.2) is 0 Å². The zero-order valence-corrected chi connectivity index (χ0v) is 11.7. The molecular formula is C16H25NO2. The van der Waals surface area contributed by atoms with Gasteiger partial charge in [-0.25, -0.2) is 0 Å². The quantitative estimate of drug-likeness (QED) is 0.909. The second-order valence-electron chi connectivity index (χ2n) is 5.76. The summed E-state index contributed by atoms with van der Waals surface area (Å²) in [7, 11) is 1.53. The van der Waals surface area contributed by atoms with Gasteiger partial charge in [-0.05, 0) is 44.6 Å². The molecule has 1 aromatic carbocycles. The van der Waals surface area contributed by atoms with Crippen molar-refractivity contribution in [2.75, 3.05) is 27.7 Å². The Labute approximate surface area is 120 Å². The second kappa shape index (κ2) is 5.93. The third-order valence-corrected chi connectivity index (χ3v) is 4.07. The Morgan fingerprint density at radius 3 is 3.05 bits per heavy atom. The Morgan fingerprint density at radius 2 is 2.32 bits per heavy atom. The molecule has 1 aliphatic carbocycles. The number of ether oxygens (including phenoxy) is 1. The molecule has 0 spiro atoms. The first-order chi connectivity index (χ1) is 10.2. The lowest BCUT2D eigenvalue weighted by molar-refractivity contribution is -0.0619. The first-order valence-electron chi connectivity index (χ1n) is 8.37. The van der Waals surface area contributed by atoms with E-state index in [-0.39, 0.29) is 11.7 Å². The van der Waals surface area contributed by atoms with Crippen LogP contribution in [0.15, 0.2) is 24.3 Å². The van der Waals surface area contributed by atoms with Crippen molar-refractivity contribution >= 4 is 0 Å². The van der Waals surface area contributed by atoms with E-state index in [4.69, 9.17) is 8.85 Å². The average molecular weight is 266 g/mol. The Bertz CT molecular complexity index is 504. The maximum atomic E-state index is 11.3. The molecule has 0 radical (unpaired) electrons. The Kier molecular flexibility index (Phi) is 3.34. The number of benzene rings is 1. The van der Waals surface area contributed by atoms with Gasteiger partial charge >= 0.3 is 0 Å². The number of nitrogens with zero attached hydrogens (tertiary/aromatic N) is 1. The van der Waals surface area contributed by atoms with Crippen LogP contribution in [0.3, 0.4) is 0 Å². The Hall–Kier alpha value is -1.06. The fourth-order valence-electron chi connectivity index (χ4n) is 3.12. The van der Waals surface area contributed by atoms with Crippen molar-refractivity contribution in [1.82, 2.24) is 4.90 Å². The van der Waals surface area contributed by atoms with Crippen LogP contribution in [-0.4, -0.2) is 37.7 Å². The molecule has 0 heterocycles. The molecule has 1 N–H and O–H groups in total. The lowest BCUT2D eigenvalue weighted by atomic mass is 9.71. The molecule has 2 rings (SSSR count). The van der Waals surface area contributed by atoms with E-state index in [1.807, 2.05) is 20.2 Å². The van der Waals surface area contributed by atoms with E-state index < -0.39 is 12.6 Å². The van der Waals surface area contributed by atoms with Crippen LogP contribution in [0.1, 0.15) is 35.4 Å². The summed E-state index contributed by atoms with van der Waals surface area (Å²) in [4.78, 5) is 2.09. The van der Waals surface area contributed by atoms with E-state index in [2.05, 4.69) is 4.90 Å². The third kappa shape index (κ3) is 3.10. The average Bonchev–Trinajstić information content (AvgIpc) is 2.39. The molecule has 2 atom stereocenters. The van der Waals surface area contributed by atoms with Crippen LogP contribution in [0.4, 0.5) is 0 Å². The summed E-state index contributed by atoms with van der Waals surface area (Å²) in [5.74, 6) is 0.416. The van der Waals surface area contributed by atoms with Crippen molar-refractivity contribution < 1.29 is 14.0 Å². The summed E-state index contributed by atoms with van der Waals surface area (Å²) in [5.41, 5.74) is -0.169. The van der Waals surface area contributed by atoms with Gasteiger partial charge in [0.25, 0.3) is 0 Å². The summed E-state index contributed by atoms with van der Waals surface area (Å²) in [6.45, 7) is 0.806. The molecule has 0 unspecified atom stereocenters. The van der Waals surface area contributed by atoms with Crippen molar-refractivity contribution in [3.05, 3.63) is 29.8 Å². The molecule has 0 aliphatic heterocycles.